The highest BCUT2D eigenvalue weighted by molar-refractivity contribution is 9.10. The molecule has 2 aromatic rings. The van der Waals surface area contributed by atoms with Crippen molar-refractivity contribution in [2.45, 2.75) is 51.5 Å². The van der Waals surface area contributed by atoms with E-state index in [1.807, 2.05) is 19.1 Å². The second-order valence-corrected chi connectivity index (χ2v) is 8.21. The lowest BCUT2D eigenvalue weighted by Crippen LogP contribution is -2.36. The van der Waals surface area contributed by atoms with Crippen molar-refractivity contribution in [3.05, 3.63) is 58.1 Å². The SMILES string of the molecule is CCCOc1ccc(Br)cc1C(=O)Nc1ccccc1C(=O)NC1CCCCC1. The molecule has 0 bridgehead atoms. The molecular formula is C23H27BrN2O3. The first-order chi connectivity index (χ1) is 14.1. The van der Waals surface area contributed by atoms with Gasteiger partial charge in [0.05, 0.1) is 23.4 Å². The molecule has 0 heterocycles. The standard InChI is InChI=1S/C23H27BrN2O3/c1-2-14-29-21-13-12-16(24)15-19(21)23(28)26-20-11-7-6-10-18(20)22(27)25-17-8-4-3-5-9-17/h6-7,10-13,15,17H,2-5,8-9,14H2,1H3,(H,25,27)(H,26,28). The van der Waals surface area contributed by atoms with Gasteiger partial charge in [0.25, 0.3) is 11.8 Å². The average Bonchev–Trinajstić information content (AvgIpc) is 2.74. The first-order valence-electron chi connectivity index (χ1n) is 10.2. The summed E-state index contributed by atoms with van der Waals surface area (Å²) in [6.45, 7) is 2.54. The number of carbonyl (C=O) groups is 2. The summed E-state index contributed by atoms with van der Waals surface area (Å²) < 4.78 is 6.50. The van der Waals surface area contributed by atoms with Crippen LogP contribution in [0.15, 0.2) is 46.9 Å². The van der Waals surface area contributed by atoms with Gasteiger partial charge in [0, 0.05) is 10.5 Å². The van der Waals surface area contributed by atoms with Gasteiger partial charge in [-0.05, 0) is 49.6 Å². The zero-order chi connectivity index (χ0) is 20.6. The van der Waals surface area contributed by atoms with E-state index < -0.39 is 0 Å². The Kier molecular flexibility index (Phi) is 7.69. The van der Waals surface area contributed by atoms with Crippen LogP contribution in [0.3, 0.4) is 0 Å². The molecule has 0 spiro atoms. The van der Waals surface area contributed by atoms with Gasteiger partial charge in [0.15, 0.2) is 0 Å². The van der Waals surface area contributed by atoms with Crippen molar-refractivity contribution >= 4 is 33.4 Å². The highest BCUT2D eigenvalue weighted by Crippen LogP contribution is 2.26. The summed E-state index contributed by atoms with van der Waals surface area (Å²) >= 11 is 3.41. The number of halogens is 1. The van der Waals surface area contributed by atoms with Gasteiger partial charge in [-0.15, -0.1) is 0 Å². The van der Waals surface area contributed by atoms with E-state index in [1.165, 1.54) is 6.42 Å². The van der Waals surface area contributed by atoms with E-state index in [0.717, 1.165) is 36.6 Å². The van der Waals surface area contributed by atoms with Crippen LogP contribution in [0, 0.1) is 0 Å². The maximum Gasteiger partial charge on any atom is 0.259 e. The van der Waals surface area contributed by atoms with E-state index in [2.05, 4.69) is 26.6 Å². The van der Waals surface area contributed by atoms with Crippen molar-refractivity contribution in [2.24, 2.45) is 0 Å². The average molecular weight is 459 g/mol. The van der Waals surface area contributed by atoms with Gasteiger partial charge in [-0.25, -0.2) is 0 Å². The number of hydrogen-bond acceptors (Lipinski definition) is 3. The summed E-state index contributed by atoms with van der Waals surface area (Å²) in [6, 6.07) is 12.7. The molecule has 2 N–H and O–H groups in total. The Balaban J connectivity index is 1.77. The number of rotatable bonds is 7. The molecule has 0 unspecified atom stereocenters. The fraction of sp³-hybridized carbons (Fsp3) is 0.391. The predicted octanol–water partition coefficient (Wildman–Crippen LogP) is 5.55. The van der Waals surface area contributed by atoms with E-state index in [1.54, 1.807) is 30.3 Å². The van der Waals surface area contributed by atoms with E-state index >= 15 is 0 Å². The quantitative estimate of drug-likeness (QED) is 0.570. The second kappa shape index (κ2) is 10.4. The lowest BCUT2D eigenvalue weighted by molar-refractivity contribution is 0.0928. The Labute approximate surface area is 180 Å². The molecule has 3 rings (SSSR count). The first kappa shape index (κ1) is 21.4. The molecule has 1 aliphatic carbocycles. The molecule has 0 radical (unpaired) electrons. The summed E-state index contributed by atoms with van der Waals surface area (Å²) in [6.07, 6.45) is 6.39. The number of amides is 2. The third-order valence-electron chi connectivity index (χ3n) is 5.01. The topological polar surface area (TPSA) is 67.4 Å². The van der Waals surface area contributed by atoms with Crippen LogP contribution in [0.25, 0.3) is 0 Å². The lowest BCUT2D eigenvalue weighted by Gasteiger charge is -2.23. The molecule has 1 saturated carbocycles. The van der Waals surface area contributed by atoms with E-state index in [0.29, 0.717) is 29.2 Å². The number of hydrogen-bond donors (Lipinski definition) is 2. The molecule has 0 saturated heterocycles. The summed E-state index contributed by atoms with van der Waals surface area (Å²) in [5.74, 6) is 0.0662. The van der Waals surface area contributed by atoms with Crippen LogP contribution in [0.5, 0.6) is 5.75 Å². The fourth-order valence-electron chi connectivity index (χ4n) is 3.51. The van der Waals surface area contributed by atoms with Gasteiger partial charge >= 0.3 is 0 Å². The Bertz CT molecular complexity index is 863. The van der Waals surface area contributed by atoms with Gasteiger partial charge in [-0.1, -0.05) is 54.2 Å². The third-order valence-corrected chi connectivity index (χ3v) is 5.50. The number of ether oxygens (including phenoxy) is 1. The third kappa shape index (κ3) is 5.82. The molecular weight excluding hydrogens is 432 g/mol. The molecule has 2 aromatic carbocycles. The number of nitrogens with one attached hydrogen (secondary N) is 2. The molecule has 5 nitrogen and oxygen atoms in total. The fourth-order valence-corrected chi connectivity index (χ4v) is 3.87. The van der Waals surface area contributed by atoms with Crippen LogP contribution in [0.2, 0.25) is 0 Å². The molecule has 1 fully saturated rings. The van der Waals surface area contributed by atoms with Crippen LogP contribution >= 0.6 is 15.9 Å². The lowest BCUT2D eigenvalue weighted by atomic mass is 9.95. The minimum Gasteiger partial charge on any atom is -0.493 e. The highest BCUT2D eigenvalue weighted by Gasteiger charge is 2.20. The highest BCUT2D eigenvalue weighted by atomic mass is 79.9. The van der Waals surface area contributed by atoms with E-state index in [4.69, 9.17) is 4.74 Å². The maximum atomic E-state index is 13.0. The molecule has 2 amide bonds. The second-order valence-electron chi connectivity index (χ2n) is 7.30. The van der Waals surface area contributed by atoms with Crippen LogP contribution in [-0.2, 0) is 0 Å². The predicted molar refractivity (Wildman–Crippen MR) is 119 cm³/mol. The number of anilines is 1. The normalized spacial score (nSPS) is 14.3. The van der Waals surface area contributed by atoms with Crippen molar-refractivity contribution < 1.29 is 14.3 Å². The Morgan fingerprint density at radius 3 is 2.55 bits per heavy atom. The monoisotopic (exact) mass is 458 g/mol. The van der Waals surface area contributed by atoms with Crippen molar-refractivity contribution in [3.8, 4) is 5.75 Å². The van der Waals surface area contributed by atoms with Crippen LogP contribution in [0.4, 0.5) is 5.69 Å². The maximum absolute atomic E-state index is 13.0. The summed E-state index contributed by atoms with van der Waals surface area (Å²) in [7, 11) is 0. The van der Waals surface area contributed by atoms with Crippen LogP contribution in [-0.4, -0.2) is 24.5 Å². The Hall–Kier alpha value is -2.34. The van der Waals surface area contributed by atoms with Gasteiger partial charge < -0.3 is 15.4 Å². The summed E-state index contributed by atoms with van der Waals surface area (Å²) in [5, 5.41) is 6.00. The van der Waals surface area contributed by atoms with Crippen molar-refractivity contribution in [3.63, 3.8) is 0 Å². The molecule has 154 valence electrons. The van der Waals surface area contributed by atoms with Gasteiger partial charge in [-0.2, -0.15) is 0 Å². The molecule has 0 aliphatic heterocycles. The first-order valence-corrected chi connectivity index (χ1v) is 11.0. The molecule has 0 aromatic heterocycles. The largest absolute Gasteiger partial charge is 0.493 e. The minimum absolute atomic E-state index is 0.149. The van der Waals surface area contributed by atoms with Crippen molar-refractivity contribution in [1.29, 1.82) is 0 Å². The van der Waals surface area contributed by atoms with Gasteiger partial charge in [0.1, 0.15) is 5.75 Å². The zero-order valence-electron chi connectivity index (χ0n) is 16.7. The molecule has 1 aliphatic rings. The zero-order valence-corrected chi connectivity index (χ0v) is 18.3. The van der Waals surface area contributed by atoms with Crippen molar-refractivity contribution in [1.82, 2.24) is 5.32 Å². The smallest absolute Gasteiger partial charge is 0.259 e. The van der Waals surface area contributed by atoms with E-state index in [-0.39, 0.29) is 17.9 Å². The van der Waals surface area contributed by atoms with Crippen LogP contribution < -0.4 is 15.4 Å². The van der Waals surface area contributed by atoms with Gasteiger partial charge in [0.2, 0.25) is 0 Å². The van der Waals surface area contributed by atoms with Crippen LogP contribution in [0.1, 0.15) is 66.2 Å². The molecule has 29 heavy (non-hydrogen) atoms. The van der Waals surface area contributed by atoms with E-state index in [9.17, 15) is 9.59 Å². The summed E-state index contributed by atoms with van der Waals surface area (Å²) in [5.41, 5.74) is 1.39. The summed E-state index contributed by atoms with van der Waals surface area (Å²) in [4.78, 5) is 25.8. The van der Waals surface area contributed by atoms with Crippen molar-refractivity contribution in [2.75, 3.05) is 11.9 Å². The Morgan fingerprint density at radius 1 is 1.03 bits per heavy atom. The molecule has 6 heteroatoms. The molecule has 0 atom stereocenters. The number of para-hydroxylation sites is 1. The Morgan fingerprint density at radius 2 is 1.79 bits per heavy atom. The van der Waals surface area contributed by atoms with Gasteiger partial charge in [-0.3, -0.25) is 9.59 Å². The number of benzene rings is 2. The number of carbonyl (C=O) groups excluding carboxylic acids is 2. The minimum atomic E-state index is -0.310.